The van der Waals surface area contributed by atoms with Crippen molar-refractivity contribution in [1.29, 1.82) is 0 Å². The van der Waals surface area contributed by atoms with E-state index in [9.17, 15) is 24.9 Å². The number of hydrogen-bond acceptors (Lipinski definition) is 8. The van der Waals surface area contributed by atoms with E-state index in [0.29, 0.717) is 5.69 Å². The molecule has 2 rings (SSSR count). The fraction of sp³-hybridized carbons (Fsp3) is 0.467. The summed E-state index contributed by atoms with van der Waals surface area (Å²) in [6.07, 6.45) is -7.74. The summed E-state index contributed by atoms with van der Waals surface area (Å²) >= 11 is 0. The van der Waals surface area contributed by atoms with Gasteiger partial charge in [-0.15, -0.1) is 0 Å². The van der Waals surface area contributed by atoms with Gasteiger partial charge in [0.2, 0.25) is 12.2 Å². The molecule has 0 spiro atoms. The Morgan fingerprint density at radius 3 is 2.25 bits per heavy atom. The normalized spacial score (nSPS) is 29.6. The molecule has 5 atom stereocenters. The van der Waals surface area contributed by atoms with Gasteiger partial charge in [-0.2, -0.15) is 0 Å². The predicted molar refractivity (Wildman–Crippen MR) is 80.1 cm³/mol. The van der Waals surface area contributed by atoms with Crippen LogP contribution in [0, 0.1) is 0 Å². The summed E-state index contributed by atoms with van der Waals surface area (Å²) in [6, 6.07) is 6.14. The number of esters is 1. The van der Waals surface area contributed by atoms with Crippen LogP contribution in [0.2, 0.25) is 0 Å². The molecule has 1 aliphatic rings. The number of carbonyl (C=O) groups is 2. The molecule has 1 heterocycles. The molecular formula is C15H19NO8. The number of nitrogens with one attached hydrogen (secondary N) is 1. The van der Waals surface area contributed by atoms with Crippen LogP contribution in [0.1, 0.15) is 6.92 Å². The van der Waals surface area contributed by atoms with Crippen LogP contribution in [0.4, 0.5) is 5.69 Å². The van der Waals surface area contributed by atoms with E-state index in [4.69, 9.17) is 9.47 Å². The third kappa shape index (κ3) is 4.01. The molecule has 1 aliphatic heterocycles. The highest BCUT2D eigenvalue weighted by Crippen LogP contribution is 2.25. The zero-order chi connectivity index (χ0) is 17.9. The fourth-order valence-electron chi connectivity index (χ4n) is 2.21. The van der Waals surface area contributed by atoms with E-state index < -0.39 is 36.7 Å². The van der Waals surface area contributed by atoms with E-state index in [1.165, 1.54) is 19.1 Å². The smallest absolute Gasteiger partial charge is 0.337 e. The van der Waals surface area contributed by atoms with Crippen molar-refractivity contribution in [2.24, 2.45) is 0 Å². The van der Waals surface area contributed by atoms with Crippen LogP contribution in [0.25, 0.3) is 0 Å². The second-order valence-electron chi connectivity index (χ2n) is 5.24. The van der Waals surface area contributed by atoms with Gasteiger partial charge in [-0.3, -0.25) is 4.79 Å². The van der Waals surface area contributed by atoms with Crippen molar-refractivity contribution in [1.82, 2.24) is 0 Å². The second-order valence-corrected chi connectivity index (χ2v) is 5.24. The average molecular weight is 341 g/mol. The first-order chi connectivity index (χ1) is 11.3. The van der Waals surface area contributed by atoms with E-state index in [1.54, 1.807) is 12.1 Å². The number of carbonyl (C=O) groups excluding carboxylic acids is 2. The van der Waals surface area contributed by atoms with E-state index in [1.807, 2.05) is 0 Å². The van der Waals surface area contributed by atoms with Gasteiger partial charge in [0.1, 0.15) is 24.1 Å². The number of aliphatic hydroxyl groups excluding tert-OH is 3. The Kier molecular flexibility index (Phi) is 5.73. The van der Waals surface area contributed by atoms with Crippen LogP contribution < -0.4 is 10.1 Å². The van der Waals surface area contributed by atoms with Crippen molar-refractivity contribution < 1.29 is 39.1 Å². The summed E-state index contributed by atoms with van der Waals surface area (Å²) in [5.74, 6) is -0.865. The number of amides is 1. The Bertz CT molecular complexity index is 590. The minimum absolute atomic E-state index is 0.229. The number of methoxy groups -OCH3 is 1. The van der Waals surface area contributed by atoms with E-state index in [-0.39, 0.29) is 11.7 Å². The molecule has 9 nitrogen and oxygen atoms in total. The minimum Gasteiger partial charge on any atom is -0.467 e. The van der Waals surface area contributed by atoms with Crippen LogP contribution in [-0.4, -0.2) is 65.0 Å². The number of hydrogen-bond donors (Lipinski definition) is 4. The lowest BCUT2D eigenvalue weighted by molar-refractivity contribution is -0.271. The van der Waals surface area contributed by atoms with Gasteiger partial charge in [-0.1, -0.05) is 0 Å². The van der Waals surface area contributed by atoms with E-state index >= 15 is 0 Å². The van der Waals surface area contributed by atoms with Gasteiger partial charge >= 0.3 is 5.97 Å². The Morgan fingerprint density at radius 2 is 1.71 bits per heavy atom. The molecule has 0 bridgehead atoms. The molecule has 9 heteroatoms. The van der Waals surface area contributed by atoms with Gasteiger partial charge < -0.3 is 34.8 Å². The van der Waals surface area contributed by atoms with Crippen LogP contribution in [0.15, 0.2) is 24.3 Å². The molecule has 0 aliphatic carbocycles. The zero-order valence-electron chi connectivity index (χ0n) is 13.1. The molecule has 3 unspecified atom stereocenters. The SMILES string of the molecule is COC(=O)C1O[C@@H](Oc2ccc(NC(C)=O)cc2)C(O)C(O)[C@H]1O. The molecule has 24 heavy (non-hydrogen) atoms. The van der Waals surface area contributed by atoms with Crippen molar-refractivity contribution >= 4 is 17.6 Å². The van der Waals surface area contributed by atoms with Gasteiger partial charge in [0.05, 0.1) is 7.11 Å². The Labute approximate surface area is 137 Å². The summed E-state index contributed by atoms with van der Waals surface area (Å²) in [5, 5.41) is 32.1. The average Bonchev–Trinajstić information content (AvgIpc) is 2.56. The van der Waals surface area contributed by atoms with Crippen molar-refractivity contribution in [3.05, 3.63) is 24.3 Å². The van der Waals surface area contributed by atoms with Gasteiger partial charge in [0.25, 0.3) is 0 Å². The van der Waals surface area contributed by atoms with Crippen LogP contribution in [0.3, 0.4) is 0 Å². The van der Waals surface area contributed by atoms with Crippen molar-refractivity contribution in [3.63, 3.8) is 0 Å². The number of rotatable bonds is 4. The summed E-state index contributed by atoms with van der Waals surface area (Å²) in [6.45, 7) is 1.37. The van der Waals surface area contributed by atoms with Crippen molar-refractivity contribution in [2.45, 2.75) is 37.6 Å². The standard InChI is InChI=1S/C15H19NO8/c1-7(17)16-8-3-5-9(6-4-8)23-15-12(20)10(18)11(19)13(24-15)14(21)22-2/h3-6,10-13,15,18-20H,1-2H3,(H,16,17)/t10?,11-,12?,13?,15-/m1/s1. The van der Waals surface area contributed by atoms with Crippen molar-refractivity contribution in [2.75, 3.05) is 12.4 Å². The molecule has 0 saturated carbocycles. The lowest BCUT2D eigenvalue weighted by Gasteiger charge is -2.38. The van der Waals surface area contributed by atoms with E-state index in [0.717, 1.165) is 7.11 Å². The largest absolute Gasteiger partial charge is 0.467 e. The first-order valence-electron chi connectivity index (χ1n) is 7.15. The number of ether oxygens (including phenoxy) is 3. The molecule has 1 aromatic rings. The van der Waals surface area contributed by atoms with Gasteiger partial charge in [-0.05, 0) is 24.3 Å². The maximum Gasteiger partial charge on any atom is 0.337 e. The monoisotopic (exact) mass is 341 g/mol. The lowest BCUT2D eigenvalue weighted by Crippen LogP contribution is -2.61. The molecule has 0 radical (unpaired) electrons. The van der Waals surface area contributed by atoms with Crippen molar-refractivity contribution in [3.8, 4) is 5.75 Å². The highest BCUT2D eigenvalue weighted by atomic mass is 16.7. The highest BCUT2D eigenvalue weighted by molar-refractivity contribution is 5.88. The molecule has 1 fully saturated rings. The van der Waals surface area contributed by atoms with E-state index in [2.05, 4.69) is 10.1 Å². The molecule has 132 valence electrons. The third-order valence-electron chi connectivity index (χ3n) is 3.43. The fourth-order valence-corrected chi connectivity index (χ4v) is 2.21. The molecule has 1 aromatic carbocycles. The van der Waals surface area contributed by atoms with Crippen LogP contribution in [0.5, 0.6) is 5.75 Å². The Hall–Kier alpha value is -2.20. The second kappa shape index (κ2) is 7.58. The summed E-state index contributed by atoms with van der Waals surface area (Å²) in [4.78, 5) is 22.5. The molecule has 0 aromatic heterocycles. The molecule has 1 amide bonds. The van der Waals surface area contributed by atoms with Crippen LogP contribution in [-0.2, 0) is 19.1 Å². The Balaban J connectivity index is 2.09. The minimum atomic E-state index is -1.65. The van der Waals surface area contributed by atoms with Gasteiger partial charge in [-0.25, -0.2) is 4.79 Å². The first-order valence-corrected chi connectivity index (χ1v) is 7.15. The van der Waals surface area contributed by atoms with Gasteiger partial charge in [0, 0.05) is 12.6 Å². The molecular weight excluding hydrogens is 322 g/mol. The quantitative estimate of drug-likeness (QED) is 0.513. The predicted octanol–water partition coefficient (Wildman–Crippen LogP) is -0.996. The highest BCUT2D eigenvalue weighted by Gasteiger charge is 2.48. The molecule has 1 saturated heterocycles. The van der Waals surface area contributed by atoms with Crippen LogP contribution >= 0.6 is 0 Å². The zero-order valence-corrected chi connectivity index (χ0v) is 13.1. The Morgan fingerprint density at radius 1 is 1.08 bits per heavy atom. The first kappa shape index (κ1) is 18.1. The molecule has 4 N–H and O–H groups in total. The summed E-state index contributed by atoms with van der Waals surface area (Å²) in [7, 11) is 1.10. The summed E-state index contributed by atoms with van der Waals surface area (Å²) < 4.78 is 15.1. The van der Waals surface area contributed by atoms with Gasteiger partial charge in [0.15, 0.2) is 6.10 Å². The number of benzene rings is 1. The number of aliphatic hydroxyl groups is 3. The maximum absolute atomic E-state index is 11.6. The summed E-state index contributed by atoms with van der Waals surface area (Å²) in [5.41, 5.74) is 0.544. The number of anilines is 1. The maximum atomic E-state index is 11.6. The lowest BCUT2D eigenvalue weighted by atomic mass is 9.99. The third-order valence-corrected chi connectivity index (χ3v) is 3.43. The topological polar surface area (TPSA) is 135 Å².